The van der Waals surface area contributed by atoms with E-state index in [-0.39, 0.29) is 6.04 Å². The van der Waals surface area contributed by atoms with Crippen LogP contribution in [0.5, 0.6) is 5.75 Å². The summed E-state index contributed by atoms with van der Waals surface area (Å²) in [5.41, 5.74) is 1.57. The van der Waals surface area contributed by atoms with Gasteiger partial charge in [0.1, 0.15) is 5.75 Å². The van der Waals surface area contributed by atoms with Gasteiger partial charge in [-0.25, -0.2) is 0 Å². The van der Waals surface area contributed by atoms with Crippen LogP contribution in [0.15, 0.2) is 48.5 Å². The zero-order valence-corrected chi connectivity index (χ0v) is 13.6. The molecule has 2 aromatic carbocycles. The van der Waals surface area contributed by atoms with Crippen LogP contribution in [0.3, 0.4) is 0 Å². The minimum Gasteiger partial charge on any atom is -0.467 e. The number of hydrogen-bond acceptors (Lipinski definition) is 2. The van der Waals surface area contributed by atoms with Crippen molar-refractivity contribution in [1.82, 2.24) is 5.32 Å². The van der Waals surface area contributed by atoms with E-state index in [0.717, 1.165) is 23.4 Å². The number of anilines is 1. The Bertz CT molecular complexity index is 766. The van der Waals surface area contributed by atoms with Crippen molar-refractivity contribution in [2.75, 3.05) is 4.90 Å². The topological polar surface area (TPSA) is 24.5 Å². The smallest absolute Gasteiger partial charge is 0.188 e. The number of thiocarbonyl (C=S) groups is 1. The molecule has 0 aromatic heterocycles. The van der Waals surface area contributed by atoms with Gasteiger partial charge in [-0.3, -0.25) is 4.90 Å². The molecule has 0 aliphatic carbocycles. The molecular formula is C17H15ClN2OS. The van der Waals surface area contributed by atoms with Crippen LogP contribution in [0.4, 0.5) is 5.69 Å². The van der Waals surface area contributed by atoms with E-state index in [0.29, 0.717) is 10.1 Å². The van der Waals surface area contributed by atoms with E-state index in [4.69, 9.17) is 28.6 Å². The third kappa shape index (κ3) is 2.06. The largest absolute Gasteiger partial charge is 0.467 e. The van der Waals surface area contributed by atoms with Crippen molar-refractivity contribution in [3.63, 3.8) is 0 Å². The van der Waals surface area contributed by atoms with Crippen molar-refractivity contribution in [1.29, 1.82) is 0 Å². The fraction of sp³-hybridized carbons (Fsp3) is 0.235. The lowest BCUT2D eigenvalue weighted by Gasteiger charge is -2.52. The third-order valence-electron chi connectivity index (χ3n) is 4.25. The van der Waals surface area contributed by atoms with Crippen molar-refractivity contribution in [2.45, 2.75) is 25.1 Å². The lowest BCUT2D eigenvalue weighted by atomic mass is 9.90. The van der Waals surface area contributed by atoms with Gasteiger partial charge in [-0.1, -0.05) is 35.9 Å². The summed E-state index contributed by atoms with van der Waals surface area (Å²) in [6, 6.07) is 16.0. The first kappa shape index (κ1) is 13.9. The highest BCUT2D eigenvalue weighted by molar-refractivity contribution is 7.80. The van der Waals surface area contributed by atoms with Crippen molar-refractivity contribution in [3.8, 4) is 5.75 Å². The highest BCUT2D eigenvalue weighted by atomic mass is 35.5. The predicted octanol–water partition coefficient (Wildman–Crippen LogP) is 4.27. The SMILES string of the molecule is C[C@@]12C[C@H](NC(=S)N1c1cccc(Cl)c1)c1ccccc1O2. The molecule has 2 bridgehead atoms. The summed E-state index contributed by atoms with van der Waals surface area (Å²) < 4.78 is 6.32. The lowest BCUT2D eigenvalue weighted by molar-refractivity contribution is 0.0498. The van der Waals surface area contributed by atoms with E-state index >= 15 is 0 Å². The van der Waals surface area contributed by atoms with Crippen LogP contribution < -0.4 is 15.0 Å². The molecule has 2 aliphatic heterocycles. The zero-order chi connectivity index (χ0) is 15.3. The Hall–Kier alpha value is -1.78. The van der Waals surface area contributed by atoms with E-state index < -0.39 is 5.72 Å². The fourth-order valence-electron chi connectivity index (χ4n) is 3.33. The second-order valence-electron chi connectivity index (χ2n) is 5.84. The normalized spacial score (nSPS) is 26.0. The van der Waals surface area contributed by atoms with E-state index in [1.54, 1.807) is 0 Å². The third-order valence-corrected chi connectivity index (χ3v) is 4.78. The maximum absolute atomic E-state index is 6.32. The molecule has 0 saturated carbocycles. The molecule has 2 aromatic rings. The average molecular weight is 331 g/mol. The van der Waals surface area contributed by atoms with E-state index in [9.17, 15) is 0 Å². The summed E-state index contributed by atoms with van der Waals surface area (Å²) in [6.45, 7) is 2.07. The Morgan fingerprint density at radius 1 is 1.27 bits per heavy atom. The standard InChI is InChI=1S/C17H15ClN2OS/c1-17-10-14(13-7-2-3-8-15(13)21-17)19-16(22)20(17)12-6-4-5-11(18)9-12/h2-9,14H,10H2,1H3,(H,19,22)/t14-,17+/m0/s1. The first-order valence-electron chi connectivity index (χ1n) is 7.21. The predicted molar refractivity (Wildman–Crippen MR) is 92.5 cm³/mol. The van der Waals surface area contributed by atoms with Gasteiger partial charge in [0, 0.05) is 22.7 Å². The minimum absolute atomic E-state index is 0.179. The maximum Gasteiger partial charge on any atom is 0.188 e. The lowest BCUT2D eigenvalue weighted by Crippen LogP contribution is -2.65. The Balaban J connectivity index is 1.82. The van der Waals surface area contributed by atoms with Crippen LogP contribution in [-0.2, 0) is 0 Å². The first-order chi connectivity index (χ1) is 10.6. The number of rotatable bonds is 1. The van der Waals surface area contributed by atoms with Gasteiger partial charge in [-0.05, 0) is 43.4 Å². The molecule has 5 heteroatoms. The highest BCUT2D eigenvalue weighted by Gasteiger charge is 2.48. The number of nitrogens with zero attached hydrogens (tertiary/aromatic N) is 1. The fourth-order valence-corrected chi connectivity index (χ4v) is 3.95. The van der Waals surface area contributed by atoms with E-state index in [1.165, 1.54) is 0 Å². The average Bonchev–Trinajstić information content (AvgIpc) is 2.46. The monoisotopic (exact) mass is 330 g/mol. The second kappa shape index (κ2) is 4.86. The molecule has 1 saturated heterocycles. The molecule has 2 aliphatic rings. The summed E-state index contributed by atoms with van der Waals surface area (Å²) in [7, 11) is 0. The quantitative estimate of drug-likeness (QED) is 0.789. The first-order valence-corrected chi connectivity index (χ1v) is 8.00. The number of halogens is 1. The maximum atomic E-state index is 6.32. The van der Waals surface area contributed by atoms with Gasteiger partial charge in [-0.2, -0.15) is 0 Å². The van der Waals surface area contributed by atoms with Crippen LogP contribution in [0.25, 0.3) is 0 Å². The Labute approximate surface area is 139 Å². The van der Waals surface area contributed by atoms with Gasteiger partial charge in [0.15, 0.2) is 10.8 Å². The Kier molecular flexibility index (Phi) is 3.06. The molecule has 0 radical (unpaired) electrons. The van der Waals surface area contributed by atoms with Gasteiger partial charge in [0.05, 0.1) is 6.04 Å². The number of nitrogens with one attached hydrogen (secondary N) is 1. The number of benzene rings is 2. The molecular weight excluding hydrogens is 316 g/mol. The van der Waals surface area contributed by atoms with E-state index in [2.05, 4.69) is 18.3 Å². The molecule has 3 nitrogen and oxygen atoms in total. The van der Waals surface area contributed by atoms with E-state index in [1.807, 2.05) is 47.4 Å². The van der Waals surface area contributed by atoms with Crippen LogP contribution in [0, 0.1) is 0 Å². The van der Waals surface area contributed by atoms with Crippen molar-refractivity contribution in [2.24, 2.45) is 0 Å². The molecule has 2 heterocycles. The highest BCUT2D eigenvalue weighted by Crippen LogP contribution is 2.45. The molecule has 22 heavy (non-hydrogen) atoms. The number of fused-ring (bicyclic) bond motifs is 4. The summed E-state index contributed by atoms with van der Waals surface area (Å²) in [6.07, 6.45) is 0.816. The van der Waals surface area contributed by atoms with Crippen LogP contribution in [-0.4, -0.2) is 10.8 Å². The molecule has 2 atom stereocenters. The summed E-state index contributed by atoms with van der Waals surface area (Å²) in [5, 5.41) is 4.78. The Morgan fingerprint density at radius 2 is 2.09 bits per heavy atom. The molecule has 0 spiro atoms. The number of hydrogen-bond donors (Lipinski definition) is 1. The Morgan fingerprint density at radius 3 is 2.91 bits per heavy atom. The van der Waals surface area contributed by atoms with Gasteiger partial charge >= 0.3 is 0 Å². The number of para-hydroxylation sites is 1. The molecule has 0 unspecified atom stereocenters. The zero-order valence-electron chi connectivity index (χ0n) is 12.0. The number of ether oxygens (including phenoxy) is 1. The van der Waals surface area contributed by atoms with Gasteiger partial charge in [0.2, 0.25) is 0 Å². The summed E-state index contributed by atoms with van der Waals surface area (Å²) >= 11 is 11.7. The molecule has 1 N–H and O–H groups in total. The van der Waals surface area contributed by atoms with Crippen molar-refractivity contribution >= 4 is 34.6 Å². The van der Waals surface area contributed by atoms with Gasteiger partial charge < -0.3 is 10.1 Å². The van der Waals surface area contributed by atoms with Gasteiger partial charge in [-0.15, -0.1) is 0 Å². The molecule has 112 valence electrons. The molecule has 1 fully saturated rings. The molecule has 0 amide bonds. The van der Waals surface area contributed by atoms with Crippen molar-refractivity contribution in [3.05, 3.63) is 59.1 Å². The van der Waals surface area contributed by atoms with Gasteiger partial charge in [0.25, 0.3) is 0 Å². The summed E-state index contributed by atoms with van der Waals surface area (Å²) in [4.78, 5) is 2.01. The molecule has 4 rings (SSSR count). The summed E-state index contributed by atoms with van der Waals surface area (Å²) in [5.74, 6) is 0.906. The second-order valence-corrected chi connectivity index (χ2v) is 6.66. The minimum atomic E-state index is -0.522. The van der Waals surface area contributed by atoms with Crippen LogP contribution in [0.1, 0.15) is 24.9 Å². The van der Waals surface area contributed by atoms with Crippen LogP contribution in [0.2, 0.25) is 5.02 Å². The van der Waals surface area contributed by atoms with Crippen LogP contribution >= 0.6 is 23.8 Å². The van der Waals surface area contributed by atoms with Crippen molar-refractivity contribution < 1.29 is 4.74 Å².